The molecule has 108 valence electrons. The van der Waals surface area contributed by atoms with E-state index in [0.29, 0.717) is 6.42 Å². The van der Waals surface area contributed by atoms with E-state index in [9.17, 15) is 4.79 Å². The molecule has 0 aromatic heterocycles. The lowest BCUT2D eigenvalue weighted by atomic mass is 9.97. The van der Waals surface area contributed by atoms with E-state index >= 15 is 0 Å². The Bertz CT molecular complexity index is 679. The van der Waals surface area contributed by atoms with Gasteiger partial charge >= 0.3 is 0 Å². The Kier molecular flexibility index (Phi) is 3.65. The van der Waals surface area contributed by atoms with Gasteiger partial charge in [-0.15, -0.1) is 0 Å². The summed E-state index contributed by atoms with van der Waals surface area (Å²) in [6.07, 6.45) is 0.511. The minimum absolute atomic E-state index is 0.0711. The molecule has 0 bridgehead atoms. The normalized spacial score (nSPS) is 16.2. The Morgan fingerprint density at radius 2 is 2.00 bits per heavy atom. The largest absolute Gasteiger partial charge is 0.384 e. The monoisotopic (exact) mass is 280 g/mol. The Balaban J connectivity index is 1.66. The van der Waals surface area contributed by atoms with Crippen LogP contribution in [0.5, 0.6) is 0 Å². The summed E-state index contributed by atoms with van der Waals surface area (Å²) < 4.78 is 0. The zero-order valence-electron chi connectivity index (χ0n) is 12.4. The van der Waals surface area contributed by atoms with Crippen LogP contribution in [0.4, 0.5) is 11.4 Å². The number of carbonyl (C=O) groups excluding carboxylic acids is 1. The van der Waals surface area contributed by atoms with E-state index in [1.807, 2.05) is 30.3 Å². The first kappa shape index (κ1) is 13.7. The second kappa shape index (κ2) is 5.60. The summed E-state index contributed by atoms with van der Waals surface area (Å²) in [4.78, 5) is 12.2. The summed E-state index contributed by atoms with van der Waals surface area (Å²) in [7, 11) is 0. The van der Waals surface area contributed by atoms with Crippen LogP contribution in [0.15, 0.2) is 42.5 Å². The second-order valence-corrected chi connectivity index (χ2v) is 5.72. The third-order valence-electron chi connectivity index (χ3n) is 4.16. The number of rotatable bonds is 3. The first-order chi connectivity index (χ1) is 10.1. The molecule has 21 heavy (non-hydrogen) atoms. The van der Waals surface area contributed by atoms with Crippen LogP contribution in [0.25, 0.3) is 0 Å². The first-order valence-corrected chi connectivity index (χ1v) is 7.33. The van der Waals surface area contributed by atoms with Crippen molar-refractivity contribution in [1.29, 1.82) is 0 Å². The smallest absolute Gasteiger partial charge is 0.225 e. The molecule has 3 rings (SSSR count). The van der Waals surface area contributed by atoms with Gasteiger partial charge in [0.05, 0.1) is 0 Å². The molecule has 2 N–H and O–H groups in total. The van der Waals surface area contributed by atoms with E-state index in [1.165, 1.54) is 16.7 Å². The lowest BCUT2D eigenvalue weighted by Gasteiger charge is -2.11. The van der Waals surface area contributed by atoms with Crippen molar-refractivity contribution in [3.05, 3.63) is 59.2 Å². The van der Waals surface area contributed by atoms with Gasteiger partial charge in [-0.3, -0.25) is 4.79 Å². The lowest BCUT2D eigenvalue weighted by Crippen LogP contribution is -2.16. The predicted octanol–water partition coefficient (Wildman–Crippen LogP) is 3.84. The van der Waals surface area contributed by atoms with Crippen LogP contribution in [0.3, 0.4) is 0 Å². The molecule has 0 radical (unpaired) electrons. The van der Waals surface area contributed by atoms with Gasteiger partial charge in [0, 0.05) is 30.3 Å². The predicted molar refractivity (Wildman–Crippen MR) is 86.8 cm³/mol. The molecule has 0 saturated heterocycles. The zero-order chi connectivity index (χ0) is 14.8. The average molecular weight is 280 g/mol. The van der Waals surface area contributed by atoms with Gasteiger partial charge in [-0.25, -0.2) is 0 Å². The quantitative estimate of drug-likeness (QED) is 0.897. The molecule has 1 aliphatic heterocycles. The van der Waals surface area contributed by atoms with Crippen molar-refractivity contribution in [2.45, 2.75) is 26.2 Å². The second-order valence-electron chi connectivity index (χ2n) is 5.72. The van der Waals surface area contributed by atoms with E-state index < -0.39 is 0 Å². The molecular formula is C18H20N2O. The van der Waals surface area contributed by atoms with E-state index in [-0.39, 0.29) is 11.8 Å². The maximum atomic E-state index is 12.2. The molecule has 2 aromatic rings. The summed E-state index contributed by atoms with van der Waals surface area (Å²) in [6.45, 7) is 4.96. The molecule has 1 atom stereocenters. The number of carbonyl (C=O) groups is 1. The van der Waals surface area contributed by atoms with Crippen molar-refractivity contribution in [2.24, 2.45) is 0 Å². The topological polar surface area (TPSA) is 41.1 Å². The Morgan fingerprint density at radius 1 is 1.19 bits per heavy atom. The number of nitrogens with one attached hydrogen (secondary N) is 2. The molecule has 0 spiro atoms. The number of benzene rings is 2. The molecule has 1 unspecified atom stereocenters. The van der Waals surface area contributed by atoms with Gasteiger partial charge < -0.3 is 10.6 Å². The summed E-state index contributed by atoms with van der Waals surface area (Å²) in [6, 6.07) is 14.2. The van der Waals surface area contributed by atoms with Crippen molar-refractivity contribution in [2.75, 3.05) is 17.2 Å². The number of anilines is 2. The minimum atomic E-state index is 0.0711. The van der Waals surface area contributed by atoms with Crippen LogP contribution in [0, 0.1) is 13.8 Å². The molecule has 0 fully saturated rings. The minimum Gasteiger partial charge on any atom is -0.384 e. The van der Waals surface area contributed by atoms with Crippen LogP contribution in [-0.2, 0) is 4.79 Å². The van der Waals surface area contributed by atoms with Crippen molar-refractivity contribution in [3.8, 4) is 0 Å². The lowest BCUT2D eigenvalue weighted by molar-refractivity contribution is -0.116. The van der Waals surface area contributed by atoms with Gasteiger partial charge in [-0.05, 0) is 48.7 Å². The van der Waals surface area contributed by atoms with Crippen molar-refractivity contribution in [3.63, 3.8) is 0 Å². The highest BCUT2D eigenvalue weighted by Crippen LogP contribution is 2.33. The van der Waals surface area contributed by atoms with Gasteiger partial charge in [-0.2, -0.15) is 0 Å². The fourth-order valence-corrected chi connectivity index (χ4v) is 2.79. The van der Waals surface area contributed by atoms with E-state index in [4.69, 9.17) is 0 Å². The van der Waals surface area contributed by atoms with Crippen LogP contribution in [0.1, 0.15) is 29.0 Å². The zero-order valence-corrected chi connectivity index (χ0v) is 12.4. The summed E-state index contributed by atoms with van der Waals surface area (Å²) in [5, 5.41) is 6.36. The van der Waals surface area contributed by atoms with Crippen molar-refractivity contribution in [1.82, 2.24) is 0 Å². The molecule has 1 aliphatic rings. The van der Waals surface area contributed by atoms with Crippen molar-refractivity contribution >= 4 is 17.3 Å². The number of hydrogen-bond acceptors (Lipinski definition) is 2. The summed E-state index contributed by atoms with van der Waals surface area (Å²) >= 11 is 0. The van der Waals surface area contributed by atoms with Gasteiger partial charge in [0.15, 0.2) is 0 Å². The highest BCUT2D eigenvalue weighted by atomic mass is 16.1. The standard InChI is InChI=1S/C18H20N2O/c1-12-7-8-15(9-13(12)2)20-18(21)10-14-11-19-17-6-4-3-5-16(14)17/h3-9,14,19H,10-11H2,1-2H3,(H,20,21). The van der Waals surface area contributed by atoms with Crippen LogP contribution in [-0.4, -0.2) is 12.5 Å². The molecule has 3 nitrogen and oxygen atoms in total. The highest BCUT2D eigenvalue weighted by molar-refractivity contribution is 5.91. The van der Waals surface area contributed by atoms with Gasteiger partial charge in [0.1, 0.15) is 0 Å². The molecule has 1 amide bonds. The van der Waals surface area contributed by atoms with Crippen LogP contribution < -0.4 is 10.6 Å². The highest BCUT2D eigenvalue weighted by Gasteiger charge is 2.23. The fourth-order valence-electron chi connectivity index (χ4n) is 2.79. The maximum absolute atomic E-state index is 12.2. The van der Waals surface area contributed by atoms with Crippen LogP contribution >= 0.6 is 0 Å². The molecule has 3 heteroatoms. The Morgan fingerprint density at radius 3 is 2.81 bits per heavy atom. The third-order valence-corrected chi connectivity index (χ3v) is 4.16. The van der Waals surface area contributed by atoms with Crippen molar-refractivity contribution < 1.29 is 4.79 Å². The molecule has 1 heterocycles. The third kappa shape index (κ3) is 2.92. The molecule has 2 aromatic carbocycles. The van der Waals surface area contributed by atoms with E-state index in [0.717, 1.165) is 17.9 Å². The molecule has 0 saturated carbocycles. The van der Waals surface area contributed by atoms with E-state index in [1.54, 1.807) is 0 Å². The fraction of sp³-hybridized carbons (Fsp3) is 0.278. The molecular weight excluding hydrogens is 260 g/mol. The first-order valence-electron chi connectivity index (χ1n) is 7.33. The average Bonchev–Trinajstić information content (AvgIpc) is 2.86. The number of amides is 1. The Labute approximate surface area is 125 Å². The summed E-state index contributed by atoms with van der Waals surface area (Å²) in [5.74, 6) is 0.328. The molecule has 0 aliphatic carbocycles. The SMILES string of the molecule is Cc1ccc(NC(=O)CC2CNc3ccccc32)cc1C. The van der Waals surface area contributed by atoms with Gasteiger partial charge in [0.2, 0.25) is 5.91 Å². The number of para-hydroxylation sites is 1. The van der Waals surface area contributed by atoms with Gasteiger partial charge in [-0.1, -0.05) is 24.3 Å². The van der Waals surface area contributed by atoms with Crippen LogP contribution in [0.2, 0.25) is 0 Å². The number of aryl methyl sites for hydroxylation is 2. The Hall–Kier alpha value is -2.29. The number of fused-ring (bicyclic) bond motifs is 1. The van der Waals surface area contributed by atoms with E-state index in [2.05, 4.69) is 36.6 Å². The summed E-state index contributed by atoms with van der Waals surface area (Å²) in [5.41, 5.74) is 5.71. The maximum Gasteiger partial charge on any atom is 0.225 e. The van der Waals surface area contributed by atoms with Gasteiger partial charge in [0.25, 0.3) is 0 Å². The number of hydrogen-bond donors (Lipinski definition) is 2.